The smallest absolute Gasteiger partial charge is 0.139 e. The molecule has 13 heavy (non-hydrogen) atoms. The third-order valence-corrected chi connectivity index (χ3v) is 2.17. The first kappa shape index (κ1) is 10.3. The van der Waals surface area contributed by atoms with E-state index in [0.29, 0.717) is 4.64 Å². The normalized spacial score (nSPS) is 11.7. The van der Waals surface area contributed by atoms with Gasteiger partial charge in [-0.3, -0.25) is 0 Å². The van der Waals surface area contributed by atoms with Crippen LogP contribution in [0, 0.1) is 11.6 Å². The first-order chi connectivity index (χ1) is 5.95. The number of hydrogen-bond donors (Lipinski definition) is 1. The number of aromatic nitrogens is 2. The number of rotatable bonds is 2. The van der Waals surface area contributed by atoms with Crippen molar-refractivity contribution < 1.29 is 4.74 Å². The molecule has 1 aromatic rings. The summed E-state index contributed by atoms with van der Waals surface area (Å²) in [6.45, 7) is 5.84. The third-order valence-electron chi connectivity index (χ3n) is 1.96. The standard InChI is InChI=1S/C9H14N2OS/c1-6-5-7(13)11-8(10-6)9(2,3)12-4/h5H,1-4H3,(H,10,11,13). The van der Waals surface area contributed by atoms with Crippen molar-refractivity contribution in [3.8, 4) is 0 Å². The minimum absolute atomic E-state index is 0.417. The van der Waals surface area contributed by atoms with Gasteiger partial charge in [0.25, 0.3) is 0 Å². The van der Waals surface area contributed by atoms with Crippen molar-refractivity contribution in [2.75, 3.05) is 7.11 Å². The Morgan fingerprint density at radius 3 is 2.62 bits per heavy atom. The summed E-state index contributed by atoms with van der Waals surface area (Å²) >= 11 is 5.02. The van der Waals surface area contributed by atoms with Gasteiger partial charge in [-0.25, -0.2) is 4.98 Å². The molecule has 0 fully saturated rings. The molecule has 0 atom stereocenters. The molecule has 1 rings (SSSR count). The lowest BCUT2D eigenvalue weighted by molar-refractivity contribution is 0.0112. The molecule has 3 nitrogen and oxygen atoms in total. The maximum Gasteiger partial charge on any atom is 0.139 e. The van der Waals surface area contributed by atoms with Gasteiger partial charge in [0.1, 0.15) is 16.1 Å². The molecule has 0 bridgehead atoms. The minimum atomic E-state index is -0.417. The van der Waals surface area contributed by atoms with Gasteiger partial charge in [0.2, 0.25) is 0 Å². The van der Waals surface area contributed by atoms with E-state index in [1.807, 2.05) is 26.8 Å². The quantitative estimate of drug-likeness (QED) is 0.741. The predicted octanol–water partition coefficient (Wildman–Crippen LogP) is 2.33. The van der Waals surface area contributed by atoms with E-state index in [1.165, 1.54) is 0 Å². The molecule has 4 heteroatoms. The molecular weight excluding hydrogens is 184 g/mol. The van der Waals surface area contributed by atoms with Gasteiger partial charge >= 0.3 is 0 Å². The van der Waals surface area contributed by atoms with E-state index in [2.05, 4.69) is 9.97 Å². The molecule has 0 spiro atoms. The van der Waals surface area contributed by atoms with Crippen LogP contribution in [0.1, 0.15) is 25.4 Å². The molecule has 1 heterocycles. The van der Waals surface area contributed by atoms with Gasteiger partial charge in [-0.15, -0.1) is 0 Å². The van der Waals surface area contributed by atoms with Crippen LogP contribution >= 0.6 is 12.2 Å². The number of nitrogens with one attached hydrogen (secondary N) is 1. The Morgan fingerprint density at radius 1 is 1.54 bits per heavy atom. The molecule has 1 aromatic heterocycles. The summed E-state index contributed by atoms with van der Waals surface area (Å²) < 4.78 is 5.89. The number of aryl methyl sites for hydroxylation is 1. The number of H-pyrrole nitrogens is 1. The summed E-state index contributed by atoms with van der Waals surface area (Å²) in [5.74, 6) is 0.764. The topological polar surface area (TPSA) is 37.9 Å². The number of hydrogen-bond acceptors (Lipinski definition) is 3. The van der Waals surface area contributed by atoms with Crippen LogP contribution in [0.5, 0.6) is 0 Å². The number of nitrogens with zero attached hydrogens (tertiary/aromatic N) is 1. The fraction of sp³-hybridized carbons (Fsp3) is 0.556. The Bertz CT molecular complexity index is 357. The monoisotopic (exact) mass is 198 g/mol. The molecule has 0 radical (unpaired) electrons. The van der Waals surface area contributed by atoms with Crippen LogP contribution in [-0.4, -0.2) is 17.1 Å². The lowest BCUT2D eigenvalue weighted by atomic mass is 10.1. The molecule has 0 aliphatic heterocycles. The number of aromatic amines is 1. The van der Waals surface area contributed by atoms with E-state index < -0.39 is 5.60 Å². The van der Waals surface area contributed by atoms with Crippen molar-refractivity contribution in [1.82, 2.24) is 9.97 Å². The maximum absolute atomic E-state index is 5.29. The first-order valence-electron chi connectivity index (χ1n) is 4.09. The van der Waals surface area contributed by atoms with Crippen molar-refractivity contribution >= 4 is 12.2 Å². The second-order valence-corrected chi connectivity index (χ2v) is 3.88. The van der Waals surface area contributed by atoms with Gasteiger partial charge in [0.05, 0.1) is 0 Å². The fourth-order valence-corrected chi connectivity index (χ4v) is 1.23. The first-order valence-corrected chi connectivity index (χ1v) is 4.50. The van der Waals surface area contributed by atoms with Crippen LogP contribution in [-0.2, 0) is 10.3 Å². The van der Waals surface area contributed by atoms with Gasteiger partial charge in [-0.1, -0.05) is 12.2 Å². The lowest BCUT2D eigenvalue weighted by Crippen LogP contribution is -2.23. The molecule has 0 amide bonds. The third kappa shape index (κ3) is 2.35. The molecule has 72 valence electrons. The summed E-state index contributed by atoms with van der Waals surface area (Å²) in [5.41, 5.74) is 0.583. The van der Waals surface area contributed by atoms with E-state index in [-0.39, 0.29) is 0 Å². The van der Waals surface area contributed by atoms with E-state index in [1.54, 1.807) is 7.11 Å². The van der Waals surface area contributed by atoms with Gasteiger partial charge in [-0.05, 0) is 26.8 Å². The van der Waals surface area contributed by atoms with Crippen molar-refractivity contribution in [1.29, 1.82) is 0 Å². The van der Waals surface area contributed by atoms with Gasteiger partial charge in [-0.2, -0.15) is 0 Å². The van der Waals surface area contributed by atoms with E-state index >= 15 is 0 Å². The summed E-state index contributed by atoms with van der Waals surface area (Å²) in [7, 11) is 1.65. The van der Waals surface area contributed by atoms with Crippen molar-refractivity contribution in [2.45, 2.75) is 26.4 Å². The van der Waals surface area contributed by atoms with Crippen LogP contribution in [0.2, 0.25) is 0 Å². The highest BCUT2D eigenvalue weighted by Gasteiger charge is 2.21. The zero-order valence-electron chi connectivity index (χ0n) is 8.34. The fourth-order valence-electron chi connectivity index (χ4n) is 0.960. The lowest BCUT2D eigenvalue weighted by Gasteiger charge is -2.21. The van der Waals surface area contributed by atoms with E-state index in [4.69, 9.17) is 17.0 Å². The van der Waals surface area contributed by atoms with Gasteiger partial charge in [0.15, 0.2) is 0 Å². The highest BCUT2D eigenvalue weighted by atomic mass is 32.1. The largest absolute Gasteiger partial charge is 0.371 e. The van der Waals surface area contributed by atoms with Gasteiger partial charge in [0, 0.05) is 12.8 Å². The second-order valence-electron chi connectivity index (χ2n) is 3.47. The summed E-state index contributed by atoms with van der Waals surface area (Å²) in [6, 6.07) is 1.82. The van der Waals surface area contributed by atoms with Crippen LogP contribution in [0.15, 0.2) is 6.07 Å². The Labute approximate surface area is 83.2 Å². The van der Waals surface area contributed by atoms with E-state index in [0.717, 1.165) is 11.5 Å². The Morgan fingerprint density at radius 2 is 2.15 bits per heavy atom. The summed E-state index contributed by atoms with van der Waals surface area (Å²) in [4.78, 5) is 7.35. The van der Waals surface area contributed by atoms with Crippen LogP contribution in [0.4, 0.5) is 0 Å². The zero-order chi connectivity index (χ0) is 10.1. The SMILES string of the molecule is COC(C)(C)c1nc(=S)cc(C)[nH]1. The van der Waals surface area contributed by atoms with Crippen LogP contribution < -0.4 is 0 Å². The predicted molar refractivity (Wildman–Crippen MR) is 54.2 cm³/mol. The average Bonchev–Trinajstić information content (AvgIpc) is 2.02. The molecule has 0 aromatic carbocycles. The molecule has 0 unspecified atom stereocenters. The average molecular weight is 198 g/mol. The maximum atomic E-state index is 5.29. The summed E-state index contributed by atoms with van der Waals surface area (Å²) in [5, 5.41) is 0. The molecule has 0 saturated heterocycles. The van der Waals surface area contributed by atoms with Crippen LogP contribution in [0.3, 0.4) is 0 Å². The number of ether oxygens (including phenoxy) is 1. The Kier molecular flexibility index (Phi) is 2.83. The molecule has 0 aliphatic rings. The van der Waals surface area contributed by atoms with Gasteiger partial charge < -0.3 is 9.72 Å². The zero-order valence-corrected chi connectivity index (χ0v) is 9.16. The molecule has 0 saturated carbocycles. The molecule has 0 aliphatic carbocycles. The Hall–Kier alpha value is -0.740. The highest BCUT2D eigenvalue weighted by Crippen LogP contribution is 2.19. The molecular formula is C9H14N2OS. The van der Waals surface area contributed by atoms with Crippen molar-refractivity contribution in [3.05, 3.63) is 22.2 Å². The molecule has 1 N–H and O–H groups in total. The van der Waals surface area contributed by atoms with Crippen molar-refractivity contribution in [3.63, 3.8) is 0 Å². The van der Waals surface area contributed by atoms with Crippen LogP contribution in [0.25, 0.3) is 0 Å². The minimum Gasteiger partial charge on any atom is -0.371 e. The number of methoxy groups -OCH3 is 1. The Balaban J connectivity index is 3.23. The highest BCUT2D eigenvalue weighted by molar-refractivity contribution is 7.71. The second kappa shape index (κ2) is 3.55. The summed E-state index contributed by atoms with van der Waals surface area (Å²) in [6.07, 6.45) is 0. The van der Waals surface area contributed by atoms with Crippen molar-refractivity contribution in [2.24, 2.45) is 0 Å². The van der Waals surface area contributed by atoms with E-state index in [9.17, 15) is 0 Å².